The highest BCUT2D eigenvalue weighted by atomic mass is 16.6. The van der Waals surface area contributed by atoms with Crippen molar-refractivity contribution in [2.24, 2.45) is 23.7 Å². The molecule has 9 rings (SSSR count). The van der Waals surface area contributed by atoms with Crippen LogP contribution in [0, 0.1) is 23.7 Å². The van der Waals surface area contributed by atoms with Gasteiger partial charge in [0.2, 0.25) is 0 Å². The third-order valence-corrected chi connectivity index (χ3v) is 19.0. The summed E-state index contributed by atoms with van der Waals surface area (Å²) in [6, 6.07) is 9.93. The van der Waals surface area contributed by atoms with Crippen molar-refractivity contribution in [1.82, 2.24) is 39.2 Å². The van der Waals surface area contributed by atoms with Crippen molar-refractivity contribution in [3.8, 4) is 0 Å². The van der Waals surface area contributed by atoms with Crippen molar-refractivity contribution in [2.75, 3.05) is 39.7 Å². The summed E-state index contributed by atoms with van der Waals surface area (Å²) < 4.78 is 28.6. The number of hydrogen-bond donors (Lipinski definition) is 2. The minimum absolute atomic E-state index is 0.0786. The van der Waals surface area contributed by atoms with E-state index in [4.69, 9.17) is 40.6 Å². The second-order valence-corrected chi connectivity index (χ2v) is 29.2. The molecule has 4 aromatic rings. The summed E-state index contributed by atoms with van der Waals surface area (Å²) in [4.78, 5) is 124. The average Bonchev–Trinajstić information content (AvgIpc) is 1.60. The zero-order valence-electron chi connectivity index (χ0n) is 57.8. The third-order valence-electron chi connectivity index (χ3n) is 19.0. The molecule has 0 radical (unpaired) electrons. The molecular weight excluding hydrogens is 1200 g/mol. The highest BCUT2D eigenvalue weighted by Gasteiger charge is 2.44. The first kappa shape index (κ1) is 70.5. The highest BCUT2D eigenvalue weighted by molar-refractivity contribution is 5.94. The van der Waals surface area contributed by atoms with Crippen molar-refractivity contribution in [3.63, 3.8) is 0 Å². The van der Waals surface area contributed by atoms with Crippen LogP contribution in [0.25, 0.3) is 0 Å². The van der Waals surface area contributed by atoms with Crippen LogP contribution in [0.2, 0.25) is 0 Å². The summed E-state index contributed by atoms with van der Waals surface area (Å²) in [6.07, 6.45) is 2.47. The summed E-state index contributed by atoms with van der Waals surface area (Å²) >= 11 is 0. The monoisotopic (exact) mass is 1300 g/mol. The number of nitrogens with two attached hydrogens (primary N) is 2. The quantitative estimate of drug-likeness (QED) is 0.0617. The summed E-state index contributed by atoms with van der Waals surface area (Å²) in [5, 5.41) is 9.96. The van der Waals surface area contributed by atoms with Gasteiger partial charge in [0.05, 0.1) is 47.2 Å². The summed E-state index contributed by atoms with van der Waals surface area (Å²) in [5.74, 6) is -5.93. The lowest BCUT2D eigenvalue weighted by molar-refractivity contribution is -0.176. The summed E-state index contributed by atoms with van der Waals surface area (Å²) in [7, 11) is 5.64. The van der Waals surface area contributed by atoms with Gasteiger partial charge in [-0.05, 0) is 137 Å². The van der Waals surface area contributed by atoms with E-state index >= 15 is 9.59 Å². The fourth-order valence-electron chi connectivity index (χ4n) is 13.0. The number of rotatable bonds is 20. The predicted octanol–water partition coefficient (Wildman–Crippen LogP) is 8.83. The number of cyclic esters (lactones) is 4. The fraction of sp³-hybridized carbons (Fsp3) is 0.639. The van der Waals surface area contributed by atoms with E-state index < -0.39 is 96.1 Å². The van der Waals surface area contributed by atoms with E-state index in [0.717, 1.165) is 106 Å². The predicted molar refractivity (Wildman–Crippen MR) is 355 cm³/mol. The number of likely N-dealkylation sites (N-methyl/N-ethyl adjacent to an activating group) is 4. The molecule has 22 heteroatoms. The van der Waals surface area contributed by atoms with Crippen LogP contribution in [0.15, 0.2) is 48.5 Å². The Morgan fingerprint density at radius 1 is 0.394 bits per heavy atom. The lowest BCUT2D eigenvalue weighted by Gasteiger charge is -2.35. The minimum atomic E-state index is -1.55. The van der Waals surface area contributed by atoms with Crippen LogP contribution in [0.1, 0.15) is 215 Å². The number of amides is 4. The van der Waals surface area contributed by atoms with Crippen LogP contribution in [0.4, 0.5) is 11.4 Å². The molecule has 94 heavy (non-hydrogen) atoms. The maximum Gasteiger partial charge on any atom is 0.329 e. The fourth-order valence-corrected chi connectivity index (χ4v) is 13.0. The number of benzene rings is 2. The van der Waals surface area contributed by atoms with Gasteiger partial charge >= 0.3 is 23.9 Å². The lowest BCUT2D eigenvalue weighted by Crippen LogP contribution is -2.55. The Bertz CT molecular complexity index is 3160. The number of esters is 4. The lowest BCUT2D eigenvalue weighted by atomic mass is 9.99. The van der Waals surface area contributed by atoms with Gasteiger partial charge in [-0.25, -0.2) is 19.2 Å². The molecule has 4 saturated carbocycles. The Kier molecular flexibility index (Phi) is 22.4. The number of nitrogen functional groups attached to an aromatic ring is 2. The van der Waals surface area contributed by atoms with E-state index in [9.17, 15) is 28.8 Å². The summed E-state index contributed by atoms with van der Waals surface area (Å²) in [5.41, 5.74) is 22.2. The number of ether oxygens (including phenoxy) is 4. The van der Waals surface area contributed by atoms with Gasteiger partial charge < -0.3 is 50.0 Å². The van der Waals surface area contributed by atoms with Gasteiger partial charge in [-0.3, -0.25) is 28.5 Å². The first-order chi connectivity index (χ1) is 44.5. The second kappa shape index (κ2) is 29.9. The van der Waals surface area contributed by atoms with Gasteiger partial charge in [0, 0.05) is 64.7 Å². The van der Waals surface area contributed by atoms with Crippen molar-refractivity contribution in [2.45, 2.75) is 244 Å². The molecule has 2 aromatic heterocycles. The Labute approximate surface area is 554 Å². The standard InChI is InChI=1S/C72H102N10O12/c1-39(2)31-53-69(87)91-43(9)65(83)77(11)56(34-42(7)8)72(90)94-58(36-46-17-21-48(22-18-46)38-82-64(52-29-30-52)60(74)62(76-82)50-25-26-50)68(86)80(14)54(32-40(3)4)70(88)92-44(10)66(84)78(12)55(33-41(5)6)71(89)93-57(67(85)79(53)13)35-45-15-19-47(20-16-45)37-81-63(51-27-28-51)59(73)61(75-81)49-23-24-49/h15-22,39-44,49-58H,23-38,73-74H2,1-14H3/t43-,44-,53+,54+,55+,56+,57-,58-/m1/s1. The Morgan fingerprint density at radius 3 is 0.915 bits per heavy atom. The van der Waals surface area contributed by atoms with Crippen molar-refractivity contribution >= 4 is 58.9 Å². The van der Waals surface area contributed by atoms with Gasteiger partial charge in [-0.1, -0.05) is 104 Å². The van der Waals surface area contributed by atoms with Crippen LogP contribution < -0.4 is 11.5 Å². The molecule has 3 heterocycles. The molecule has 5 aliphatic rings. The van der Waals surface area contributed by atoms with E-state index in [0.29, 0.717) is 47.9 Å². The molecule has 1 saturated heterocycles. The molecule has 0 unspecified atom stereocenters. The van der Waals surface area contributed by atoms with Crippen LogP contribution in [-0.2, 0) is 83.2 Å². The van der Waals surface area contributed by atoms with Gasteiger partial charge in [-0.2, -0.15) is 10.2 Å². The zero-order valence-corrected chi connectivity index (χ0v) is 57.8. The molecule has 22 nitrogen and oxygen atoms in total. The highest BCUT2D eigenvalue weighted by Crippen LogP contribution is 2.50. The smallest absolute Gasteiger partial charge is 0.329 e. The average molecular weight is 1300 g/mol. The minimum Gasteiger partial charge on any atom is -0.451 e. The van der Waals surface area contributed by atoms with E-state index in [-0.39, 0.29) is 62.2 Å². The zero-order chi connectivity index (χ0) is 68.3. The maximum atomic E-state index is 15.3. The number of hydrogen-bond acceptors (Lipinski definition) is 16. The maximum absolute atomic E-state index is 15.3. The van der Waals surface area contributed by atoms with Crippen LogP contribution >= 0.6 is 0 Å². The largest absolute Gasteiger partial charge is 0.451 e. The third kappa shape index (κ3) is 17.2. The van der Waals surface area contributed by atoms with E-state index in [1.54, 1.807) is 0 Å². The van der Waals surface area contributed by atoms with Crippen molar-refractivity contribution in [1.29, 1.82) is 0 Å². The van der Waals surface area contributed by atoms with Gasteiger partial charge in [0.25, 0.3) is 23.6 Å². The molecule has 8 atom stereocenters. The van der Waals surface area contributed by atoms with Crippen LogP contribution in [0.3, 0.4) is 0 Å². The molecule has 1 aliphatic heterocycles. The molecule has 512 valence electrons. The Morgan fingerprint density at radius 2 is 0.649 bits per heavy atom. The molecule has 4 N–H and O–H groups in total. The molecule has 4 amide bonds. The Balaban J connectivity index is 1.03. The molecule has 0 spiro atoms. The SMILES string of the molecule is CC(C)C[C@H]1C(=O)O[C@H](Cc2ccc(Cn3nc(C4CC4)c(N)c3C3CC3)cc2)C(=O)N(C)[C@@H](CC(C)C)C(=O)O[C@H](C)C(=O)N(C)[C@@H](CC(C)C)C(=O)O[C@H](Cc2ccc(Cn3nc(C4CC4)c(N)c3C3CC3)cc2)C(=O)N(C)[C@@H](CC(C)C)C(=O)O[C@H](C)C(=O)N1C. The molecule has 0 bridgehead atoms. The Hall–Kier alpha value is -7.78. The summed E-state index contributed by atoms with van der Waals surface area (Å²) in [6.45, 7) is 18.6. The van der Waals surface area contributed by atoms with Gasteiger partial charge in [0.1, 0.15) is 24.2 Å². The van der Waals surface area contributed by atoms with Crippen LogP contribution in [0.5, 0.6) is 0 Å². The molecular formula is C72H102N10O12. The second-order valence-electron chi connectivity index (χ2n) is 29.2. The topological polar surface area (TPSA) is 274 Å². The molecule has 4 aliphatic carbocycles. The van der Waals surface area contributed by atoms with E-state index in [1.165, 1.54) is 51.8 Å². The number of aromatic nitrogens is 4. The first-order valence-electron chi connectivity index (χ1n) is 34.3. The van der Waals surface area contributed by atoms with E-state index in [1.807, 2.05) is 113 Å². The van der Waals surface area contributed by atoms with Crippen LogP contribution in [-0.4, -0.2) is 163 Å². The van der Waals surface area contributed by atoms with Gasteiger partial charge in [-0.15, -0.1) is 0 Å². The number of carbonyl (C=O) groups excluding carboxylic acids is 8. The van der Waals surface area contributed by atoms with Crippen molar-refractivity contribution in [3.05, 3.63) is 93.6 Å². The molecule has 5 fully saturated rings. The van der Waals surface area contributed by atoms with Gasteiger partial charge in [0.15, 0.2) is 24.4 Å². The first-order valence-corrected chi connectivity index (χ1v) is 34.3. The molecule has 2 aromatic carbocycles. The number of nitrogens with zero attached hydrogens (tertiary/aromatic N) is 8. The number of anilines is 2. The van der Waals surface area contributed by atoms with Crippen molar-refractivity contribution < 1.29 is 57.3 Å². The van der Waals surface area contributed by atoms with E-state index in [2.05, 4.69) is 0 Å². The normalized spacial score (nSPS) is 24.8. The number of carbonyl (C=O) groups is 8.